The molecule has 6 nitrogen and oxygen atoms in total. The van der Waals surface area contributed by atoms with E-state index < -0.39 is 0 Å². The van der Waals surface area contributed by atoms with Crippen LogP contribution in [-0.2, 0) is 11.8 Å². The number of nitrogens with one attached hydrogen (secondary N) is 1. The monoisotopic (exact) mass is 335 g/mol. The van der Waals surface area contributed by atoms with Gasteiger partial charge in [-0.15, -0.1) is 0 Å². The van der Waals surface area contributed by atoms with Crippen molar-refractivity contribution in [1.29, 1.82) is 0 Å². The first kappa shape index (κ1) is 17.2. The molecule has 1 amide bonds. The highest BCUT2D eigenvalue weighted by Gasteiger charge is 2.21. The van der Waals surface area contributed by atoms with Crippen molar-refractivity contribution in [3.8, 4) is 11.5 Å². The number of hydrogen-bond acceptors (Lipinski definition) is 5. The molecule has 0 saturated carbocycles. The third kappa shape index (κ3) is 4.19. The molecule has 23 heavy (non-hydrogen) atoms. The van der Waals surface area contributed by atoms with Crippen molar-refractivity contribution in [3.05, 3.63) is 30.6 Å². The summed E-state index contributed by atoms with van der Waals surface area (Å²) in [5.41, 5.74) is 0.593. The Bertz CT molecular complexity index is 672. The molecule has 2 rings (SSSR count). The number of anilines is 1. The third-order valence-electron chi connectivity index (χ3n) is 3.35. The van der Waals surface area contributed by atoms with Crippen molar-refractivity contribution in [1.82, 2.24) is 9.55 Å². The van der Waals surface area contributed by atoms with Gasteiger partial charge in [-0.2, -0.15) is 0 Å². The number of imidazole rings is 1. The molecule has 0 aliphatic rings. The Morgan fingerprint density at radius 3 is 2.74 bits per heavy atom. The molecule has 0 radical (unpaired) electrons. The van der Waals surface area contributed by atoms with Crippen LogP contribution >= 0.6 is 11.8 Å². The minimum atomic E-state index is -0.244. The summed E-state index contributed by atoms with van der Waals surface area (Å²) in [4.78, 5) is 16.8. The normalized spacial score (nSPS) is 11.8. The molecule has 124 valence electrons. The molecule has 0 aliphatic carbocycles. The SMILES string of the molecule is CCC(Sc1nccn1C)C(=O)Nc1cc(OC)ccc1OC. The van der Waals surface area contributed by atoms with Gasteiger partial charge in [0.2, 0.25) is 5.91 Å². The lowest BCUT2D eigenvalue weighted by molar-refractivity contribution is -0.115. The quantitative estimate of drug-likeness (QED) is 0.788. The minimum absolute atomic E-state index is 0.0907. The summed E-state index contributed by atoms with van der Waals surface area (Å²) in [6.07, 6.45) is 4.27. The van der Waals surface area contributed by atoms with Crippen LogP contribution < -0.4 is 14.8 Å². The molecule has 0 spiro atoms. The third-order valence-corrected chi connectivity index (χ3v) is 4.79. The maximum absolute atomic E-state index is 12.6. The lowest BCUT2D eigenvalue weighted by Gasteiger charge is -2.16. The van der Waals surface area contributed by atoms with Gasteiger partial charge in [0.25, 0.3) is 0 Å². The second-order valence-corrected chi connectivity index (χ2v) is 6.06. The molecule has 1 N–H and O–H groups in total. The van der Waals surface area contributed by atoms with Crippen LogP contribution in [0.4, 0.5) is 5.69 Å². The first-order chi connectivity index (χ1) is 11.1. The van der Waals surface area contributed by atoms with Gasteiger partial charge >= 0.3 is 0 Å². The summed E-state index contributed by atoms with van der Waals surface area (Å²) in [6.45, 7) is 1.98. The van der Waals surface area contributed by atoms with Crippen LogP contribution in [0.2, 0.25) is 0 Å². The van der Waals surface area contributed by atoms with Crippen LogP contribution in [0.25, 0.3) is 0 Å². The molecule has 1 heterocycles. The van der Waals surface area contributed by atoms with Crippen molar-refractivity contribution in [2.45, 2.75) is 23.8 Å². The van der Waals surface area contributed by atoms with Gasteiger partial charge < -0.3 is 19.4 Å². The number of thioether (sulfide) groups is 1. The molecule has 0 fully saturated rings. The molecule has 2 aromatic rings. The van der Waals surface area contributed by atoms with E-state index in [2.05, 4.69) is 10.3 Å². The highest BCUT2D eigenvalue weighted by atomic mass is 32.2. The zero-order chi connectivity index (χ0) is 16.8. The molecular weight excluding hydrogens is 314 g/mol. The maximum atomic E-state index is 12.6. The van der Waals surface area contributed by atoms with Crippen LogP contribution in [-0.4, -0.2) is 34.9 Å². The Labute approximate surface area is 140 Å². The molecule has 1 aromatic carbocycles. The van der Waals surface area contributed by atoms with E-state index in [1.807, 2.05) is 24.7 Å². The van der Waals surface area contributed by atoms with Gasteiger partial charge in [0.15, 0.2) is 5.16 Å². The summed E-state index contributed by atoms with van der Waals surface area (Å²) < 4.78 is 12.4. The highest BCUT2D eigenvalue weighted by molar-refractivity contribution is 8.00. The van der Waals surface area contributed by atoms with Gasteiger partial charge in [-0.1, -0.05) is 18.7 Å². The number of nitrogens with zero attached hydrogens (tertiary/aromatic N) is 2. The molecule has 0 saturated heterocycles. The van der Waals surface area contributed by atoms with Crippen molar-refractivity contribution in [2.24, 2.45) is 7.05 Å². The minimum Gasteiger partial charge on any atom is -0.497 e. The van der Waals surface area contributed by atoms with Crippen LogP contribution in [0.3, 0.4) is 0 Å². The number of carbonyl (C=O) groups excluding carboxylic acids is 1. The van der Waals surface area contributed by atoms with E-state index in [1.165, 1.54) is 11.8 Å². The zero-order valence-electron chi connectivity index (χ0n) is 13.7. The Balaban J connectivity index is 2.14. The summed E-state index contributed by atoms with van der Waals surface area (Å²) in [7, 11) is 5.06. The van der Waals surface area contributed by atoms with Gasteiger partial charge in [-0.3, -0.25) is 4.79 Å². The zero-order valence-corrected chi connectivity index (χ0v) is 14.5. The average Bonchev–Trinajstić information content (AvgIpc) is 2.97. The number of benzene rings is 1. The predicted octanol–water partition coefficient (Wildman–Crippen LogP) is 2.95. The van der Waals surface area contributed by atoms with Crippen molar-refractivity contribution in [2.75, 3.05) is 19.5 Å². The van der Waals surface area contributed by atoms with Crippen molar-refractivity contribution in [3.63, 3.8) is 0 Å². The van der Waals surface area contributed by atoms with E-state index in [4.69, 9.17) is 9.47 Å². The molecule has 1 aromatic heterocycles. The summed E-state index contributed by atoms with van der Waals surface area (Å²) in [6, 6.07) is 5.30. The molecule has 1 unspecified atom stereocenters. The number of carbonyl (C=O) groups is 1. The standard InChI is InChI=1S/C16H21N3O3S/c1-5-14(23-16-17-8-9-19(16)2)15(20)18-12-10-11(21-3)6-7-13(12)22-4/h6-10,14H,5H2,1-4H3,(H,18,20). The Morgan fingerprint density at radius 1 is 1.39 bits per heavy atom. The topological polar surface area (TPSA) is 65.4 Å². The molecule has 0 aliphatic heterocycles. The average molecular weight is 335 g/mol. The van der Waals surface area contributed by atoms with E-state index in [-0.39, 0.29) is 11.2 Å². The predicted molar refractivity (Wildman–Crippen MR) is 91.3 cm³/mol. The van der Waals surface area contributed by atoms with Crippen LogP contribution in [0.1, 0.15) is 13.3 Å². The van der Waals surface area contributed by atoms with Crippen molar-refractivity contribution >= 4 is 23.4 Å². The summed E-state index contributed by atoms with van der Waals surface area (Å²) in [5, 5.41) is 3.48. The highest BCUT2D eigenvalue weighted by Crippen LogP contribution is 2.31. The lowest BCUT2D eigenvalue weighted by Crippen LogP contribution is -2.25. The first-order valence-electron chi connectivity index (χ1n) is 7.25. The Hall–Kier alpha value is -2.15. The lowest BCUT2D eigenvalue weighted by atomic mass is 10.2. The fourth-order valence-electron chi connectivity index (χ4n) is 2.04. The molecule has 7 heteroatoms. The fourth-order valence-corrected chi connectivity index (χ4v) is 2.98. The molecule has 1 atom stereocenters. The van der Waals surface area contributed by atoms with Gasteiger partial charge in [0, 0.05) is 25.5 Å². The number of methoxy groups -OCH3 is 2. The van der Waals surface area contributed by atoms with Gasteiger partial charge in [0.1, 0.15) is 11.5 Å². The number of rotatable bonds is 7. The van der Waals surface area contributed by atoms with Gasteiger partial charge in [0.05, 0.1) is 25.2 Å². The number of aryl methyl sites for hydroxylation is 1. The number of hydrogen-bond donors (Lipinski definition) is 1. The molecular formula is C16H21N3O3S. The number of amides is 1. The largest absolute Gasteiger partial charge is 0.497 e. The van der Waals surface area contributed by atoms with Gasteiger partial charge in [-0.25, -0.2) is 4.98 Å². The van der Waals surface area contributed by atoms with E-state index in [1.54, 1.807) is 38.6 Å². The summed E-state index contributed by atoms with van der Waals surface area (Å²) in [5.74, 6) is 1.16. The second-order valence-electron chi connectivity index (χ2n) is 4.89. The van der Waals surface area contributed by atoms with E-state index >= 15 is 0 Å². The number of aromatic nitrogens is 2. The fraction of sp³-hybridized carbons (Fsp3) is 0.375. The second kappa shape index (κ2) is 7.92. The van der Waals surface area contributed by atoms with Crippen LogP contribution in [0, 0.1) is 0 Å². The van der Waals surface area contributed by atoms with Gasteiger partial charge in [-0.05, 0) is 18.6 Å². The molecule has 0 bridgehead atoms. The van der Waals surface area contributed by atoms with E-state index in [0.29, 0.717) is 23.6 Å². The summed E-state index contributed by atoms with van der Waals surface area (Å²) >= 11 is 1.44. The Morgan fingerprint density at radius 2 is 2.17 bits per heavy atom. The van der Waals surface area contributed by atoms with E-state index in [9.17, 15) is 4.79 Å². The van der Waals surface area contributed by atoms with E-state index in [0.717, 1.165) is 5.16 Å². The first-order valence-corrected chi connectivity index (χ1v) is 8.13. The maximum Gasteiger partial charge on any atom is 0.238 e. The number of ether oxygens (including phenoxy) is 2. The Kier molecular flexibility index (Phi) is 5.92. The van der Waals surface area contributed by atoms with Crippen LogP contribution in [0.15, 0.2) is 35.7 Å². The van der Waals surface area contributed by atoms with Crippen LogP contribution in [0.5, 0.6) is 11.5 Å². The smallest absolute Gasteiger partial charge is 0.238 e. The van der Waals surface area contributed by atoms with Crippen molar-refractivity contribution < 1.29 is 14.3 Å².